The summed E-state index contributed by atoms with van der Waals surface area (Å²) in [6.45, 7) is 9.24. The van der Waals surface area contributed by atoms with Gasteiger partial charge in [-0.15, -0.1) is 0 Å². The second kappa shape index (κ2) is 5.10. The van der Waals surface area contributed by atoms with Gasteiger partial charge in [-0.2, -0.15) is 0 Å². The lowest BCUT2D eigenvalue weighted by molar-refractivity contribution is 1.70. The van der Waals surface area contributed by atoms with Crippen LogP contribution < -0.4 is 0 Å². The molecule has 0 aromatic carbocycles. The molecule has 0 heteroatoms. The molecule has 0 aliphatic heterocycles. The van der Waals surface area contributed by atoms with Gasteiger partial charge in [-0.25, -0.2) is 0 Å². The third-order valence-electron chi connectivity index (χ3n) is 0.876. The zero-order chi connectivity index (χ0) is 7.11. The predicted molar refractivity (Wildman–Crippen MR) is 43.3 cm³/mol. The van der Waals surface area contributed by atoms with Crippen molar-refractivity contribution in [2.75, 3.05) is 0 Å². The monoisotopic (exact) mass is 120 g/mol. The lowest BCUT2D eigenvalue weighted by atomic mass is 10.3. The fraction of sp³-hybridized carbons (Fsp3) is 0.111. The molecule has 0 atom stereocenters. The Morgan fingerprint density at radius 1 is 1.33 bits per heavy atom. The van der Waals surface area contributed by atoms with Crippen molar-refractivity contribution in [3.63, 3.8) is 0 Å². The maximum absolute atomic E-state index is 3.71. The third-order valence-corrected chi connectivity index (χ3v) is 0.876. The first-order chi connectivity index (χ1) is 4.31. The summed E-state index contributed by atoms with van der Waals surface area (Å²) in [5.41, 5.74) is 0.938. The van der Waals surface area contributed by atoms with Crippen molar-refractivity contribution in [2.45, 2.75) is 6.92 Å². The number of hydrogen-bond donors (Lipinski definition) is 0. The minimum Gasteiger partial charge on any atom is -0.0985 e. The normalized spacial score (nSPS) is 10.8. The summed E-state index contributed by atoms with van der Waals surface area (Å²) < 4.78 is 0. The molecule has 0 saturated heterocycles. The van der Waals surface area contributed by atoms with Crippen LogP contribution in [0.2, 0.25) is 0 Å². The van der Waals surface area contributed by atoms with Crippen LogP contribution in [0.4, 0.5) is 0 Å². The van der Waals surface area contributed by atoms with E-state index in [1.165, 1.54) is 0 Å². The van der Waals surface area contributed by atoms with Crippen LogP contribution in [0.1, 0.15) is 6.92 Å². The maximum atomic E-state index is 3.71. The molecule has 0 nitrogen and oxygen atoms in total. The lowest BCUT2D eigenvalue weighted by Gasteiger charge is -1.81. The van der Waals surface area contributed by atoms with Crippen LogP contribution in [0, 0.1) is 0 Å². The highest BCUT2D eigenvalue weighted by molar-refractivity contribution is 5.27. The molecule has 0 spiro atoms. The first kappa shape index (κ1) is 7.96. The summed E-state index contributed by atoms with van der Waals surface area (Å²) in [6, 6.07) is 0. The van der Waals surface area contributed by atoms with Crippen LogP contribution in [0.15, 0.2) is 49.1 Å². The van der Waals surface area contributed by atoms with Gasteiger partial charge in [-0.05, 0) is 12.5 Å². The van der Waals surface area contributed by atoms with E-state index in [2.05, 4.69) is 13.2 Å². The molecule has 0 heterocycles. The average molecular weight is 120 g/mol. The quantitative estimate of drug-likeness (QED) is 0.502. The van der Waals surface area contributed by atoms with Crippen molar-refractivity contribution in [1.82, 2.24) is 0 Å². The van der Waals surface area contributed by atoms with Gasteiger partial charge in [0.15, 0.2) is 0 Å². The van der Waals surface area contributed by atoms with E-state index in [1.807, 2.05) is 31.2 Å². The first-order valence-corrected chi connectivity index (χ1v) is 2.92. The number of allylic oxidation sites excluding steroid dienone is 6. The molecule has 0 radical (unpaired) electrons. The van der Waals surface area contributed by atoms with E-state index in [0.717, 1.165) is 5.57 Å². The summed E-state index contributed by atoms with van der Waals surface area (Å²) in [7, 11) is 0. The van der Waals surface area contributed by atoms with E-state index in [1.54, 1.807) is 6.08 Å². The number of rotatable bonds is 3. The van der Waals surface area contributed by atoms with Crippen LogP contribution in [0.3, 0.4) is 0 Å². The van der Waals surface area contributed by atoms with Gasteiger partial charge in [0.05, 0.1) is 0 Å². The van der Waals surface area contributed by atoms with Crippen molar-refractivity contribution in [3.05, 3.63) is 49.1 Å². The summed E-state index contributed by atoms with van der Waals surface area (Å²) in [5, 5.41) is 0. The van der Waals surface area contributed by atoms with Crippen molar-refractivity contribution < 1.29 is 0 Å². The Labute approximate surface area is 56.9 Å². The fourth-order valence-corrected chi connectivity index (χ4v) is 0.358. The van der Waals surface area contributed by atoms with Crippen molar-refractivity contribution in [1.29, 1.82) is 0 Å². The summed E-state index contributed by atoms with van der Waals surface area (Å²) >= 11 is 0. The molecule has 0 aliphatic rings. The van der Waals surface area contributed by atoms with E-state index >= 15 is 0 Å². The van der Waals surface area contributed by atoms with Gasteiger partial charge in [0, 0.05) is 0 Å². The minimum atomic E-state index is 0.938. The Bertz CT molecular complexity index is 147. The maximum Gasteiger partial charge on any atom is -0.0335 e. The van der Waals surface area contributed by atoms with E-state index in [-0.39, 0.29) is 0 Å². The van der Waals surface area contributed by atoms with Crippen LogP contribution >= 0.6 is 0 Å². The van der Waals surface area contributed by atoms with Gasteiger partial charge >= 0.3 is 0 Å². The minimum absolute atomic E-state index is 0.938. The standard InChI is InChI=1S/C9H12/c1-4-6-7-8-9(3)5-2/h4-8H,2-3H2,1H3/b6-4-,8-7-. The van der Waals surface area contributed by atoms with Crippen LogP contribution in [-0.2, 0) is 0 Å². The lowest BCUT2D eigenvalue weighted by Crippen LogP contribution is -1.60. The summed E-state index contributed by atoms with van der Waals surface area (Å²) in [4.78, 5) is 0. The second-order valence-corrected chi connectivity index (χ2v) is 1.66. The molecule has 0 rings (SSSR count). The van der Waals surface area contributed by atoms with Crippen LogP contribution in [0.5, 0.6) is 0 Å². The predicted octanol–water partition coefficient (Wildman–Crippen LogP) is 2.86. The largest absolute Gasteiger partial charge is 0.0985 e. The smallest absolute Gasteiger partial charge is 0.0335 e. The molecule has 9 heavy (non-hydrogen) atoms. The third kappa shape index (κ3) is 4.82. The van der Waals surface area contributed by atoms with E-state index in [0.29, 0.717) is 0 Å². The highest BCUT2D eigenvalue weighted by atomic mass is 13.8. The zero-order valence-corrected chi connectivity index (χ0v) is 5.80. The topological polar surface area (TPSA) is 0 Å². The molecular weight excluding hydrogens is 108 g/mol. The fourth-order valence-electron chi connectivity index (χ4n) is 0.358. The molecule has 0 aromatic heterocycles. The average Bonchev–Trinajstić information content (AvgIpc) is 1.89. The second-order valence-electron chi connectivity index (χ2n) is 1.66. The Morgan fingerprint density at radius 3 is 2.44 bits per heavy atom. The molecule has 0 unspecified atom stereocenters. The highest BCUT2D eigenvalue weighted by Crippen LogP contribution is 1.92. The van der Waals surface area contributed by atoms with Gasteiger partial charge in [0.1, 0.15) is 0 Å². The molecule has 0 saturated carbocycles. The van der Waals surface area contributed by atoms with E-state index in [4.69, 9.17) is 0 Å². The van der Waals surface area contributed by atoms with Crippen LogP contribution in [-0.4, -0.2) is 0 Å². The summed E-state index contributed by atoms with van der Waals surface area (Å²) in [5.74, 6) is 0. The van der Waals surface area contributed by atoms with Gasteiger partial charge in [0.25, 0.3) is 0 Å². The Balaban J connectivity index is 3.70. The molecule has 0 aromatic rings. The van der Waals surface area contributed by atoms with Gasteiger partial charge < -0.3 is 0 Å². The van der Waals surface area contributed by atoms with Gasteiger partial charge in [0.2, 0.25) is 0 Å². The molecule has 0 amide bonds. The zero-order valence-electron chi connectivity index (χ0n) is 5.80. The Morgan fingerprint density at radius 2 is 2.00 bits per heavy atom. The molecule has 0 bridgehead atoms. The molecule has 0 N–H and O–H groups in total. The van der Waals surface area contributed by atoms with Gasteiger partial charge in [-0.1, -0.05) is 43.5 Å². The Kier molecular flexibility index (Phi) is 4.51. The number of hydrogen-bond acceptors (Lipinski definition) is 0. The highest BCUT2D eigenvalue weighted by Gasteiger charge is 1.71. The molecule has 0 fully saturated rings. The molecule has 48 valence electrons. The van der Waals surface area contributed by atoms with E-state index in [9.17, 15) is 0 Å². The summed E-state index contributed by atoms with van der Waals surface area (Å²) in [6.07, 6.45) is 9.48. The molecule has 0 aliphatic carbocycles. The van der Waals surface area contributed by atoms with Crippen molar-refractivity contribution in [2.24, 2.45) is 0 Å². The SMILES string of the molecule is C=CC(=C)/C=C\C=C/C. The Hall–Kier alpha value is -1.04. The van der Waals surface area contributed by atoms with Gasteiger partial charge in [-0.3, -0.25) is 0 Å². The van der Waals surface area contributed by atoms with Crippen LogP contribution in [0.25, 0.3) is 0 Å². The molecular formula is C9H12. The first-order valence-electron chi connectivity index (χ1n) is 2.92. The van der Waals surface area contributed by atoms with Crippen molar-refractivity contribution >= 4 is 0 Å². The van der Waals surface area contributed by atoms with Crippen molar-refractivity contribution in [3.8, 4) is 0 Å². The van der Waals surface area contributed by atoms with E-state index < -0.39 is 0 Å².